The van der Waals surface area contributed by atoms with E-state index in [0.717, 1.165) is 24.1 Å². The van der Waals surface area contributed by atoms with Crippen molar-refractivity contribution in [2.24, 2.45) is 0 Å². The number of amides is 1. The van der Waals surface area contributed by atoms with Crippen LogP contribution < -0.4 is 5.32 Å². The second-order valence-corrected chi connectivity index (χ2v) is 8.98. The average molecular weight is 435 g/mol. The summed E-state index contributed by atoms with van der Waals surface area (Å²) in [5.41, 5.74) is 9.47. The number of carbonyl (C=O) groups excluding carboxylic acids is 1. The lowest BCUT2D eigenvalue weighted by molar-refractivity contribution is 0.0951. The van der Waals surface area contributed by atoms with Crippen molar-refractivity contribution < 1.29 is 4.79 Å². The Labute approximate surface area is 196 Å². The third kappa shape index (κ3) is 4.63. The van der Waals surface area contributed by atoms with Gasteiger partial charge in [0.1, 0.15) is 0 Å². The van der Waals surface area contributed by atoms with Crippen LogP contribution in [0, 0.1) is 6.92 Å². The molecule has 0 bridgehead atoms. The Bertz CT molecular complexity index is 1240. The van der Waals surface area contributed by atoms with Crippen LogP contribution in [-0.4, -0.2) is 10.5 Å². The molecule has 5 rings (SSSR count). The van der Waals surface area contributed by atoms with E-state index < -0.39 is 0 Å². The standard InChI is InChI=1S/C30H30N2O/c1-22-12-14-23(15-13-22)21-31-30(33)25-16-18-27(19-17-25)32-28-11-7-3-6-10-26(28)20-29(32)24-8-4-2-5-9-24/h2,4-5,8-9,12-20H,3,6-7,10-11,21H2,1H3,(H,31,33). The Balaban J connectivity index is 1.42. The van der Waals surface area contributed by atoms with Gasteiger partial charge in [0.25, 0.3) is 5.91 Å². The zero-order valence-electron chi connectivity index (χ0n) is 19.2. The number of rotatable bonds is 5. The SMILES string of the molecule is Cc1ccc(CNC(=O)c2ccc(-n3c(-c4ccccc4)cc4c3CCCCC4)cc2)cc1. The summed E-state index contributed by atoms with van der Waals surface area (Å²) < 4.78 is 2.41. The van der Waals surface area contributed by atoms with Crippen LogP contribution in [0.15, 0.2) is 84.9 Å². The van der Waals surface area contributed by atoms with Crippen molar-refractivity contribution in [3.8, 4) is 16.9 Å². The molecule has 0 saturated carbocycles. The lowest BCUT2D eigenvalue weighted by atomic mass is 10.1. The topological polar surface area (TPSA) is 34.0 Å². The summed E-state index contributed by atoms with van der Waals surface area (Å²) in [6.45, 7) is 2.60. The van der Waals surface area contributed by atoms with E-state index in [2.05, 4.69) is 89.6 Å². The number of nitrogens with one attached hydrogen (secondary N) is 1. The van der Waals surface area contributed by atoms with Gasteiger partial charge in [-0.15, -0.1) is 0 Å². The Hall–Kier alpha value is -3.59. The van der Waals surface area contributed by atoms with E-state index in [1.54, 1.807) is 0 Å². The summed E-state index contributed by atoms with van der Waals surface area (Å²) in [6.07, 6.45) is 6.01. The smallest absolute Gasteiger partial charge is 0.251 e. The van der Waals surface area contributed by atoms with Gasteiger partial charge in [-0.25, -0.2) is 0 Å². The molecule has 1 aliphatic carbocycles. The Kier molecular flexibility index (Phi) is 6.12. The fraction of sp³-hybridized carbons (Fsp3) is 0.233. The molecule has 0 unspecified atom stereocenters. The van der Waals surface area contributed by atoms with Crippen LogP contribution >= 0.6 is 0 Å². The lowest BCUT2D eigenvalue weighted by Crippen LogP contribution is -2.22. The minimum Gasteiger partial charge on any atom is -0.348 e. The van der Waals surface area contributed by atoms with Crippen molar-refractivity contribution in [1.82, 2.24) is 9.88 Å². The fourth-order valence-corrected chi connectivity index (χ4v) is 4.74. The highest BCUT2D eigenvalue weighted by Crippen LogP contribution is 2.33. The number of fused-ring (bicyclic) bond motifs is 1. The second kappa shape index (κ2) is 9.50. The molecule has 3 nitrogen and oxygen atoms in total. The molecular formula is C30H30N2O. The maximum Gasteiger partial charge on any atom is 0.251 e. The lowest BCUT2D eigenvalue weighted by Gasteiger charge is -2.15. The molecule has 0 fully saturated rings. The molecule has 3 aromatic carbocycles. The molecule has 1 aromatic heterocycles. The normalized spacial score (nSPS) is 13.2. The van der Waals surface area contributed by atoms with E-state index >= 15 is 0 Å². The van der Waals surface area contributed by atoms with Gasteiger partial charge in [0, 0.05) is 23.5 Å². The molecule has 1 N–H and O–H groups in total. The van der Waals surface area contributed by atoms with Crippen molar-refractivity contribution in [1.29, 1.82) is 0 Å². The largest absolute Gasteiger partial charge is 0.348 e. The Morgan fingerprint density at radius 1 is 0.848 bits per heavy atom. The highest BCUT2D eigenvalue weighted by molar-refractivity contribution is 5.94. The third-order valence-electron chi connectivity index (χ3n) is 6.58. The molecule has 33 heavy (non-hydrogen) atoms. The van der Waals surface area contributed by atoms with Crippen LogP contribution in [0.5, 0.6) is 0 Å². The Morgan fingerprint density at radius 2 is 1.58 bits per heavy atom. The van der Waals surface area contributed by atoms with Crippen LogP contribution in [-0.2, 0) is 19.4 Å². The first-order valence-electron chi connectivity index (χ1n) is 11.9. The van der Waals surface area contributed by atoms with Gasteiger partial charge in [-0.1, -0.05) is 66.6 Å². The molecule has 0 atom stereocenters. The van der Waals surface area contributed by atoms with Crippen molar-refractivity contribution >= 4 is 5.91 Å². The van der Waals surface area contributed by atoms with Crippen LogP contribution in [0.2, 0.25) is 0 Å². The fourth-order valence-electron chi connectivity index (χ4n) is 4.74. The molecule has 1 amide bonds. The van der Waals surface area contributed by atoms with Crippen LogP contribution in [0.25, 0.3) is 16.9 Å². The number of carbonyl (C=O) groups is 1. The van der Waals surface area contributed by atoms with E-state index in [1.807, 2.05) is 12.1 Å². The predicted octanol–water partition coefficient (Wildman–Crippen LogP) is 6.65. The zero-order chi connectivity index (χ0) is 22.6. The molecule has 166 valence electrons. The van der Waals surface area contributed by atoms with Crippen molar-refractivity contribution in [3.63, 3.8) is 0 Å². The van der Waals surface area contributed by atoms with Gasteiger partial charge in [-0.2, -0.15) is 0 Å². The maximum atomic E-state index is 12.7. The number of aromatic nitrogens is 1. The first-order chi connectivity index (χ1) is 16.2. The average Bonchev–Trinajstić information content (AvgIpc) is 3.06. The summed E-state index contributed by atoms with van der Waals surface area (Å²) in [6, 6.07) is 29.3. The molecule has 0 saturated heterocycles. The van der Waals surface area contributed by atoms with E-state index in [1.165, 1.54) is 47.3 Å². The number of aryl methyl sites for hydroxylation is 2. The predicted molar refractivity (Wildman–Crippen MR) is 135 cm³/mol. The van der Waals surface area contributed by atoms with E-state index in [9.17, 15) is 4.79 Å². The molecule has 0 radical (unpaired) electrons. The van der Waals surface area contributed by atoms with Gasteiger partial charge in [-0.05, 0) is 79.6 Å². The summed E-state index contributed by atoms with van der Waals surface area (Å²) in [7, 11) is 0. The minimum atomic E-state index is -0.0447. The third-order valence-corrected chi connectivity index (χ3v) is 6.58. The zero-order valence-corrected chi connectivity index (χ0v) is 19.2. The highest BCUT2D eigenvalue weighted by atomic mass is 16.1. The van der Waals surface area contributed by atoms with Gasteiger partial charge >= 0.3 is 0 Å². The Morgan fingerprint density at radius 3 is 2.33 bits per heavy atom. The van der Waals surface area contributed by atoms with Gasteiger partial charge in [-0.3, -0.25) is 4.79 Å². The van der Waals surface area contributed by atoms with Crippen molar-refractivity contribution in [2.45, 2.75) is 45.6 Å². The molecule has 3 heteroatoms. The summed E-state index contributed by atoms with van der Waals surface area (Å²) in [5, 5.41) is 3.04. The van der Waals surface area contributed by atoms with Gasteiger partial charge in [0.05, 0.1) is 5.69 Å². The number of nitrogens with zero attached hydrogens (tertiary/aromatic N) is 1. The van der Waals surface area contributed by atoms with E-state index in [4.69, 9.17) is 0 Å². The van der Waals surface area contributed by atoms with Crippen molar-refractivity contribution in [3.05, 3.63) is 113 Å². The number of hydrogen-bond acceptors (Lipinski definition) is 1. The second-order valence-electron chi connectivity index (χ2n) is 8.98. The van der Waals surface area contributed by atoms with Crippen LogP contribution in [0.1, 0.15) is 52.0 Å². The molecular weight excluding hydrogens is 404 g/mol. The molecule has 0 aliphatic heterocycles. The minimum absolute atomic E-state index is 0.0447. The van der Waals surface area contributed by atoms with Gasteiger partial charge < -0.3 is 9.88 Å². The van der Waals surface area contributed by atoms with Gasteiger partial charge in [0.15, 0.2) is 0 Å². The quantitative estimate of drug-likeness (QED) is 0.351. The summed E-state index contributed by atoms with van der Waals surface area (Å²) in [5.74, 6) is -0.0447. The molecule has 1 aliphatic rings. The van der Waals surface area contributed by atoms with E-state index in [-0.39, 0.29) is 5.91 Å². The van der Waals surface area contributed by atoms with E-state index in [0.29, 0.717) is 12.1 Å². The van der Waals surface area contributed by atoms with Crippen LogP contribution in [0.3, 0.4) is 0 Å². The summed E-state index contributed by atoms with van der Waals surface area (Å²) in [4.78, 5) is 12.7. The molecule has 1 heterocycles. The maximum absolute atomic E-state index is 12.7. The number of hydrogen-bond donors (Lipinski definition) is 1. The highest BCUT2D eigenvalue weighted by Gasteiger charge is 2.19. The monoisotopic (exact) mass is 434 g/mol. The first-order valence-corrected chi connectivity index (χ1v) is 11.9. The summed E-state index contributed by atoms with van der Waals surface area (Å²) >= 11 is 0. The molecule has 4 aromatic rings. The first kappa shape index (κ1) is 21.3. The van der Waals surface area contributed by atoms with Crippen LogP contribution in [0.4, 0.5) is 0 Å². The molecule has 0 spiro atoms. The van der Waals surface area contributed by atoms with Gasteiger partial charge in [0.2, 0.25) is 0 Å². The van der Waals surface area contributed by atoms with Crippen molar-refractivity contribution in [2.75, 3.05) is 0 Å². The number of benzene rings is 3.